The number of hydrogen-bond donors (Lipinski definition) is 1. The van der Waals surface area contributed by atoms with Crippen molar-refractivity contribution in [2.75, 3.05) is 6.54 Å². The molecule has 1 N–H and O–H groups in total. The van der Waals surface area contributed by atoms with Gasteiger partial charge in [-0.2, -0.15) is 0 Å². The van der Waals surface area contributed by atoms with Gasteiger partial charge in [0.05, 0.1) is 6.04 Å². The van der Waals surface area contributed by atoms with E-state index >= 15 is 0 Å². The third kappa shape index (κ3) is 3.64. The van der Waals surface area contributed by atoms with Crippen molar-refractivity contribution in [3.05, 3.63) is 69.7 Å². The van der Waals surface area contributed by atoms with Crippen molar-refractivity contribution in [1.29, 1.82) is 0 Å². The molecule has 4 heteroatoms. The highest BCUT2D eigenvalue weighted by molar-refractivity contribution is 9.10. The van der Waals surface area contributed by atoms with Crippen molar-refractivity contribution in [2.24, 2.45) is 0 Å². The second kappa shape index (κ2) is 6.95. The van der Waals surface area contributed by atoms with Crippen LogP contribution >= 0.6 is 15.9 Å². The lowest BCUT2D eigenvalue weighted by atomic mass is 9.98. The predicted molar refractivity (Wildman–Crippen MR) is 80.6 cm³/mol. The van der Waals surface area contributed by atoms with E-state index in [-0.39, 0.29) is 6.04 Å². The van der Waals surface area contributed by atoms with Crippen LogP contribution in [0, 0.1) is 11.6 Å². The Balaban J connectivity index is 2.41. The second-order valence-corrected chi connectivity index (χ2v) is 5.52. The van der Waals surface area contributed by atoms with Gasteiger partial charge in [-0.3, -0.25) is 0 Å². The molecule has 0 saturated carbocycles. The van der Waals surface area contributed by atoms with Crippen molar-refractivity contribution < 1.29 is 8.78 Å². The molecule has 0 aliphatic rings. The lowest BCUT2D eigenvalue weighted by molar-refractivity contribution is 0.535. The van der Waals surface area contributed by atoms with Crippen LogP contribution in [0.2, 0.25) is 0 Å². The second-order valence-electron chi connectivity index (χ2n) is 4.60. The van der Waals surface area contributed by atoms with Gasteiger partial charge in [-0.15, -0.1) is 0 Å². The molecule has 1 unspecified atom stereocenters. The number of hydrogen-bond acceptors (Lipinski definition) is 1. The largest absolute Gasteiger partial charge is 0.306 e. The van der Waals surface area contributed by atoms with Gasteiger partial charge in [-0.1, -0.05) is 35.0 Å². The van der Waals surface area contributed by atoms with Gasteiger partial charge in [-0.05, 0) is 48.9 Å². The van der Waals surface area contributed by atoms with Crippen molar-refractivity contribution in [3.8, 4) is 0 Å². The van der Waals surface area contributed by atoms with Crippen LogP contribution in [0.4, 0.5) is 8.78 Å². The first-order valence-electron chi connectivity index (χ1n) is 6.55. The Hall–Kier alpha value is -1.26. The molecule has 106 valence electrons. The Morgan fingerprint density at radius 1 is 1.10 bits per heavy atom. The summed E-state index contributed by atoms with van der Waals surface area (Å²) in [5.74, 6) is -0.829. The highest BCUT2D eigenvalue weighted by Crippen LogP contribution is 2.26. The quantitative estimate of drug-likeness (QED) is 0.823. The fourth-order valence-corrected chi connectivity index (χ4v) is 2.35. The molecule has 1 nitrogen and oxygen atoms in total. The number of halogens is 3. The molecule has 0 aliphatic heterocycles. The first-order chi connectivity index (χ1) is 9.61. The van der Waals surface area contributed by atoms with Crippen LogP contribution < -0.4 is 5.32 Å². The monoisotopic (exact) mass is 339 g/mol. The third-order valence-electron chi connectivity index (χ3n) is 3.07. The van der Waals surface area contributed by atoms with Gasteiger partial charge in [0.25, 0.3) is 0 Å². The normalized spacial score (nSPS) is 12.4. The lowest BCUT2D eigenvalue weighted by Crippen LogP contribution is -2.24. The molecule has 0 saturated heterocycles. The molecule has 0 fully saturated rings. The van der Waals surface area contributed by atoms with E-state index in [9.17, 15) is 8.78 Å². The summed E-state index contributed by atoms with van der Waals surface area (Å²) in [5.41, 5.74) is 1.24. The van der Waals surface area contributed by atoms with Gasteiger partial charge in [0, 0.05) is 10.0 Å². The molecule has 2 aromatic carbocycles. The number of rotatable bonds is 5. The minimum absolute atomic E-state index is 0.334. The van der Waals surface area contributed by atoms with Gasteiger partial charge >= 0.3 is 0 Å². The maximum Gasteiger partial charge on any atom is 0.128 e. The summed E-state index contributed by atoms with van der Waals surface area (Å²) in [5, 5.41) is 3.27. The van der Waals surface area contributed by atoms with E-state index in [4.69, 9.17) is 0 Å². The summed E-state index contributed by atoms with van der Waals surface area (Å²) in [6.07, 6.45) is 0.921. The molecule has 2 aromatic rings. The fourth-order valence-electron chi connectivity index (χ4n) is 2.09. The van der Waals surface area contributed by atoms with Crippen LogP contribution in [-0.2, 0) is 0 Å². The molecule has 0 aliphatic carbocycles. The smallest absolute Gasteiger partial charge is 0.128 e. The summed E-state index contributed by atoms with van der Waals surface area (Å²) in [4.78, 5) is 0. The molecule has 1 atom stereocenters. The molecule has 2 rings (SSSR count). The van der Waals surface area contributed by atoms with Gasteiger partial charge in [0.2, 0.25) is 0 Å². The Kier molecular flexibility index (Phi) is 5.26. The summed E-state index contributed by atoms with van der Waals surface area (Å²) in [6.45, 7) is 2.77. The zero-order valence-corrected chi connectivity index (χ0v) is 12.8. The number of benzene rings is 2. The van der Waals surface area contributed by atoms with Crippen molar-refractivity contribution in [1.82, 2.24) is 5.32 Å². The first kappa shape index (κ1) is 15.1. The van der Waals surface area contributed by atoms with Crippen LogP contribution in [0.3, 0.4) is 0 Å². The van der Waals surface area contributed by atoms with E-state index in [0.717, 1.165) is 29.1 Å². The highest BCUT2D eigenvalue weighted by atomic mass is 79.9. The Morgan fingerprint density at radius 2 is 1.80 bits per heavy atom. The third-order valence-corrected chi connectivity index (χ3v) is 3.60. The topological polar surface area (TPSA) is 12.0 Å². The molecule has 0 radical (unpaired) electrons. The highest BCUT2D eigenvalue weighted by Gasteiger charge is 2.18. The molecule has 20 heavy (non-hydrogen) atoms. The summed E-state index contributed by atoms with van der Waals surface area (Å²) >= 11 is 3.38. The zero-order chi connectivity index (χ0) is 14.5. The van der Waals surface area contributed by atoms with E-state index in [1.807, 2.05) is 31.2 Å². The molecule has 0 heterocycles. The van der Waals surface area contributed by atoms with Gasteiger partial charge < -0.3 is 5.32 Å². The maximum atomic E-state index is 14.0. The lowest BCUT2D eigenvalue weighted by Gasteiger charge is -2.20. The van der Waals surface area contributed by atoms with Gasteiger partial charge in [0.15, 0.2) is 0 Å². The van der Waals surface area contributed by atoms with Gasteiger partial charge in [0.1, 0.15) is 11.6 Å². The SMILES string of the molecule is CCCNC(c1ccc(Br)cc1)c1cc(F)ccc1F. The Morgan fingerprint density at radius 3 is 2.45 bits per heavy atom. The molecule has 0 bridgehead atoms. The summed E-state index contributed by atoms with van der Waals surface area (Å²) in [7, 11) is 0. The van der Waals surface area contributed by atoms with E-state index < -0.39 is 11.6 Å². The van der Waals surface area contributed by atoms with Crippen LogP contribution in [0.5, 0.6) is 0 Å². The predicted octanol–water partition coefficient (Wildman–Crippen LogP) is 4.82. The average Bonchev–Trinajstić information content (AvgIpc) is 2.44. The van der Waals surface area contributed by atoms with E-state index in [2.05, 4.69) is 21.2 Å². The molecule has 0 amide bonds. The Labute approximate surface area is 126 Å². The van der Waals surface area contributed by atoms with Crippen molar-refractivity contribution in [2.45, 2.75) is 19.4 Å². The molecule has 0 aromatic heterocycles. The van der Waals surface area contributed by atoms with Crippen LogP contribution in [-0.4, -0.2) is 6.54 Å². The minimum Gasteiger partial charge on any atom is -0.306 e. The van der Waals surface area contributed by atoms with Crippen molar-refractivity contribution in [3.63, 3.8) is 0 Å². The fraction of sp³-hybridized carbons (Fsp3) is 0.250. The van der Waals surface area contributed by atoms with Crippen LogP contribution in [0.1, 0.15) is 30.5 Å². The summed E-state index contributed by atoms with van der Waals surface area (Å²) < 4.78 is 28.4. The van der Waals surface area contributed by atoms with E-state index in [0.29, 0.717) is 5.56 Å². The van der Waals surface area contributed by atoms with E-state index in [1.165, 1.54) is 12.1 Å². The maximum absolute atomic E-state index is 14.0. The van der Waals surface area contributed by atoms with Crippen molar-refractivity contribution >= 4 is 15.9 Å². The Bertz CT molecular complexity index is 569. The zero-order valence-electron chi connectivity index (χ0n) is 11.2. The first-order valence-corrected chi connectivity index (χ1v) is 7.35. The standard InChI is InChI=1S/C16H16BrF2N/c1-2-9-20-16(11-3-5-12(17)6-4-11)14-10-13(18)7-8-15(14)19/h3-8,10,16,20H,2,9H2,1H3. The van der Waals surface area contributed by atoms with Crippen LogP contribution in [0.15, 0.2) is 46.9 Å². The summed E-state index contributed by atoms with van der Waals surface area (Å²) in [6, 6.07) is 10.8. The average molecular weight is 340 g/mol. The molecular formula is C16H16BrF2N. The molecule has 0 spiro atoms. The van der Waals surface area contributed by atoms with Crippen LogP contribution in [0.25, 0.3) is 0 Å². The van der Waals surface area contributed by atoms with E-state index in [1.54, 1.807) is 0 Å². The minimum atomic E-state index is -0.429. The number of nitrogens with one attached hydrogen (secondary N) is 1. The molecular weight excluding hydrogens is 324 g/mol. The van der Waals surface area contributed by atoms with Gasteiger partial charge in [-0.25, -0.2) is 8.78 Å².